The summed E-state index contributed by atoms with van der Waals surface area (Å²) in [6.07, 6.45) is 0.464. The number of aromatic nitrogens is 4. The van der Waals surface area contributed by atoms with Crippen molar-refractivity contribution in [1.29, 1.82) is 0 Å². The quantitative estimate of drug-likeness (QED) is 0.505. The molecule has 1 aliphatic heterocycles. The number of fused-ring (bicyclic) bond motifs is 1. The summed E-state index contributed by atoms with van der Waals surface area (Å²) in [5.41, 5.74) is 4.65. The first-order valence-electron chi connectivity index (χ1n) is 6.26. The molecule has 4 atom stereocenters. The number of nitrogen functional groups attached to an aromatic ring is 1. The van der Waals surface area contributed by atoms with Crippen LogP contribution >= 0.6 is 0 Å². The van der Waals surface area contributed by atoms with E-state index in [4.69, 9.17) is 10.5 Å². The molecule has 0 radical (unpaired) electrons. The van der Waals surface area contributed by atoms with Gasteiger partial charge in [0.15, 0.2) is 17.7 Å². The first-order chi connectivity index (χ1) is 10.0. The zero-order valence-corrected chi connectivity index (χ0v) is 11.0. The summed E-state index contributed by atoms with van der Waals surface area (Å²) in [4.78, 5) is 12.0. The SMILES string of the molecule is C=C[C@@]1(O)[C@@H](CO)O[C@@H](n2cnc3c(N)ncnc32)[C@@H]1O. The van der Waals surface area contributed by atoms with Crippen LogP contribution in [-0.2, 0) is 4.74 Å². The number of nitrogens with zero attached hydrogens (tertiary/aromatic N) is 4. The molecule has 5 N–H and O–H groups in total. The molecule has 0 bridgehead atoms. The predicted molar refractivity (Wildman–Crippen MR) is 71.9 cm³/mol. The van der Waals surface area contributed by atoms with Gasteiger partial charge in [0.1, 0.15) is 29.7 Å². The summed E-state index contributed by atoms with van der Waals surface area (Å²) >= 11 is 0. The molecule has 0 aromatic carbocycles. The van der Waals surface area contributed by atoms with Gasteiger partial charge in [0.05, 0.1) is 12.9 Å². The second-order valence-electron chi connectivity index (χ2n) is 4.82. The average molecular weight is 293 g/mol. The molecule has 0 saturated carbocycles. The van der Waals surface area contributed by atoms with Crippen molar-refractivity contribution in [3.63, 3.8) is 0 Å². The van der Waals surface area contributed by atoms with Crippen molar-refractivity contribution in [3.8, 4) is 0 Å². The van der Waals surface area contributed by atoms with E-state index in [1.165, 1.54) is 17.2 Å². The van der Waals surface area contributed by atoms with Crippen LogP contribution in [0.25, 0.3) is 11.2 Å². The van der Waals surface area contributed by atoms with Gasteiger partial charge in [-0.1, -0.05) is 6.08 Å². The Hall–Kier alpha value is -2.07. The third-order valence-electron chi connectivity index (χ3n) is 3.72. The highest BCUT2D eigenvalue weighted by atomic mass is 16.6. The van der Waals surface area contributed by atoms with Gasteiger partial charge in [0, 0.05) is 0 Å². The van der Waals surface area contributed by atoms with Crippen molar-refractivity contribution in [1.82, 2.24) is 19.5 Å². The second kappa shape index (κ2) is 4.74. The van der Waals surface area contributed by atoms with Crippen molar-refractivity contribution < 1.29 is 20.1 Å². The largest absolute Gasteiger partial charge is 0.394 e. The lowest BCUT2D eigenvalue weighted by Crippen LogP contribution is -2.47. The summed E-state index contributed by atoms with van der Waals surface area (Å²) in [5.74, 6) is 0.198. The van der Waals surface area contributed by atoms with Gasteiger partial charge in [-0.25, -0.2) is 15.0 Å². The Morgan fingerprint density at radius 2 is 2.24 bits per heavy atom. The van der Waals surface area contributed by atoms with E-state index < -0.39 is 30.6 Å². The summed E-state index contributed by atoms with van der Waals surface area (Å²) < 4.78 is 6.95. The number of anilines is 1. The van der Waals surface area contributed by atoms with Crippen LogP contribution in [0.5, 0.6) is 0 Å². The minimum Gasteiger partial charge on any atom is -0.394 e. The highest BCUT2D eigenvalue weighted by Crippen LogP contribution is 2.39. The first kappa shape index (κ1) is 13.9. The third kappa shape index (κ3) is 1.83. The van der Waals surface area contributed by atoms with E-state index in [-0.39, 0.29) is 5.82 Å². The Balaban J connectivity index is 2.08. The van der Waals surface area contributed by atoms with Crippen molar-refractivity contribution >= 4 is 17.0 Å². The van der Waals surface area contributed by atoms with Gasteiger partial charge in [0.25, 0.3) is 0 Å². The van der Waals surface area contributed by atoms with Gasteiger partial charge >= 0.3 is 0 Å². The number of hydrogen-bond donors (Lipinski definition) is 4. The lowest BCUT2D eigenvalue weighted by Gasteiger charge is -2.26. The van der Waals surface area contributed by atoms with Crippen LogP contribution in [0.2, 0.25) is 0 Å². The molecule has 3 rings (SSSR count). The Bertz CT molecular complexity index is 689. The van der Waals surface area contributed by atoms with E-state index in [9.17, 15) is 15.3 Å². The zero-order chi connectivity index (χ0) is 15.2. The summed E-state index contributed by atoms with van der Waals surface area (Å²) in [6.45, 7) is 3.01. The monoisotopic (exact) mass is 293 g/mol. The van der Waals surface area contributed by atoms with Crippen molar-refractivity contribution in [2.45, 2.75) is 24.0 Å². The lowest BCUT2D eigenvalue weighted by atomic mass is 9.92. The molecule has 0 unspecified atom stereocenters. The van der Waals surface area contributed by atoms with Crippen LogP contribution in [0, 0.1) is 0 Å². The summed E-state index contributed by atoms with van der Waals surface area (Å²) in [6, 6.07) is 0. The third-order valence-corrected chi connectivity index (χ3v) is 3.72. The Labute approximate surface area is 119 Å². The minimum absolute atomic E-state index is 0.198. The van der Waals surface area contributed by atoms with Gasteiger partial charge in [-0.05, 0) is 0 Å². The molecule has 21 heavy (non-hydrogen) atoms. The van der Waals surface area contributed by atoms with Crippen LogP contribution in [0.15, 0.2) is 25.3 Å². The standard InChI is InChI=1S/C12H15N5O4/c1-2-12(20)6(3-18)21-11(8(12)19)17-5-16-7-9(13)14-4-15-10(7)17/h2,4-6,8,11,18-20H,1,3H2,(H2,13,14,15)/t6-,8+,11-,12-/m1/s1. The fourth-order valence-corrected chi connectivity index (χ4v) is 2.49. The van der Waals surface area contributed by atoms with E-state index in [1.54, 1.807) is 0 Å². The maximum absolute atomic E-state index is 10.4. The maximum atomic E-state index is 10.4. The Morgan fingerprint density at radius 3 is 2.86 bits per heavy atom. The topological polar surface area (TPSA) is 140 Å². The predicted octanol–water partition coefficient (Wildman–Crippen LogP) is -1.42. The molecule has 1 aliphatic rings. The van der Waals surface area contributed by atoms with Gasteiger partial charge in [-0.2, -0.15) is 0 Å². The molecule has 2 aromatic rings. The number of ether oxygens (including phenoxy) is 1. The molecule has 9 heteroatoms. The zero-order valence-electron chi connectivity index (χ0n) is 11.0. The van der Waals surface area contributed by atoms with E-state index in [2.05, 4.69) is 21.5 Å². The van der Waals surface area contributed by atoms with Crippen molar-refractivity contribution in [2.24, 2.45) is 0 Å². The van der Waals surface area contributed by atoms with E-state index in [1.807, 2.05) is 0 Å². The molecule has 1 fully saturated rings. The molecule has 0 amide bonds. The molecule has 0 aliphatic carbocycles. The van der Waals surface area contributed by atoms with Gasteiger partial charge < -0.3 is 25.8 Å². The molecule has 0 spiro atoms. The number of hydrogen-bond acceptors (Lipinski definition) is 8. The van der Waals surface area contributed by atoms with Crippen LogP contribution in [0.3, 0.4) is 0 Å². The number of imidazole rings is 1. The molecule has 2 aromatic heterocycles. The molecule has 112 valence electrons. The highest BCUT2D eigenvalue weighted by molar-refractivity contribution is 5.81. The van der Waals surface area contributed by atoms with Gasteiger partial charge in [-0.15, -0.1) is 6.58 Å². The normalized spacial score (nSPS) is 32.6. The Morgan fingerprint density at radius 1 is 1.48 bits per heavy atom. The Kier molecular flexibility index (Phi) is 3.14. The number of rotatable bonds is 3. The minimum atomic E-state index is -1.77. The molecule has 1 saturated heterocycles. The van der Waals surface area contributed by atoms with E-state index >= 15 is 0 Å². The number of aliphatic hydroxyl groups excluding tert-OH is 2. The van der Waals surface area contributed by atoms with Crippen molar-refractivity contribution in [3.05, 3.63) is 25.3 Å². The fourth-order valence-electron chi connectivity index (χ4n) is 2.49. The van der Waals surface area contributed by atoms with E-state index in [0.29, 0.717) is 11.2 Å². The van der Waals surface area contributed by atoms with E-state index in [0.717, 1.165) is 6.08 Å². The van der Waals surface area contributed by atoms with Gasteiger partial charge in [0.2, 0.25) is 0 Å². The van der Waals surface area contributed by atoms with Crippen LogP contribution in [-0.4, -0.2) is 59.3 Å². The number of aliphatic hydroxyl groups is 3. The number of nitrogens with two attached hydrogens (primary N) is 1. The lowest BCUT2D eigenvalue weighted by molar-refractivity contribution is -0.0642. The summed E-state index contributed by atoms with van der Waals surface area (Å²) in [5, 5.41) is 30.0. The fraction of sp³-hybridized carbons (Fsp3) is 0.417. The van der Waals surface area contributed by atoms with Crippen LogP contribution < -0.4 is 5.73 Å². The molecule has 9 nitrogen and oxygen atoms in total. The smallest absolute Gasteiger partial charge is 0.167 e. The average Bonchev–Trinajstić information content (AvgIpc) is 3.01. The van der Waals surface area contributed by atoms with Gasteiger partial charge in [-0.3, -0.25) is 4.57 Å². The maximum Gasteiger partial charge on any atom is 0.167 e. The first-order valence-corrected chi connectivity index (χ1v) is 6.26. The van der Waals surface area contributed by atoms with Crippen LogP contribution in [0.1, 0.15) is 6.23 Å². The van der Waals surface area contributed by atoms with Crippen molar-refractivity contribution in [2.75, 3.05) is 12.3 Å². The molecular formula is C12H15N5O4. The molecule has 3 heterocycles. The highest BCUT2D eigenvalue weighted by Gasteiger charge is 2.54. The second-order valence-corrected chi connectivity index (χ2v) is 4.82. The summed E-state index contributed by atoms with van der Waals surface area (Å²) in [7, 11) is 0. The van der Waals surface area contributed by atoms with Crippen LogP contribution in [0.4, 0.5) is 5.82 Å². The molecular weight excluding hydrogens is 278 g/mol.